The van der Waals surface area contributed by atoms with Gasteiger partial charge in [0.15, 0.2) is 5.96 Å². The van der Waals surface area contributed by atoms with E-state index < -0.39 is 0 Å². The van der Waals surface area contributed by atoms with Crippen LogP contribution < -0.4 is 15.4 Å². The van der Waals surface area contributed by atoms with Crippen molar-refractivity contribution >= 4 is 11.9 Å². The number of carbonyl (C=O) groups excluding carboxylic acids is 1. The molecule has 0 radical (unpaired) electrons. The van der Waals surface area contributed by atoms with E-state index in [0.29, 0.717) is 19.0 Å². The molecule has 0 aliphatic carbocycles. The van der Waals surface area contributed by atoms with Gasteiger partial charge in [-0.15, -0.1) is 0 Å². The molecule has 6 nitrogen and oxygen atoms in total. The van der Waals surface area contributed by atoms with E-state index in [-0.39, 0.29) is 23.7 Å². The number of guanidine groups is 1. The summed E-state index contributed by atoms with van der Waals surface area (Å²) in [5, 5.41) is 6.36. The number of hydrogen-bond donors (Lipinski definition) is 2. The first kappa shape index (κ1) is 23.2. The van der Waals surface area contributed by atoms with Gasteiger partial charge in [-0.05, 0) is 35.4 Å². The van der Waals surface area contributed by atoms with Crippen molar-refractivity contribution < 1.29 is 13.9 Å². The van der Waals surface area contributed by atoms with Crippen LogP contribution in [-0.2, 0) is 16.8 Å². The fourth-order valence-corrected chi connectivity index (χ4v) is 2.71. The average molecular weight is 415 g/mol. The molecule has 30 heavy (non-hydrogen) atoms. The van der Waals surface area contributed by atoms with Gasteiger partial charge in [0, 0.05) is 26.1 Å². The summed E-state index contributed by atoms with van der Waals surface area (Å²) in [6.45, 7) is 5.14. The number of carbonyl (C=O) groups is 1. The summed E-state index contributed by atoms with van der Waals surface area (Å²) in [6.07, 6.45) is 0. The smallest absolute Gasteiger partial charge is 0.241 e. The highest BCUT2D eigenvalue weighted by atomic mass is 19.1. The van der Waals surface area contributed by atoms with Crippen molar-refractivity contribution in [2.75, 3.05) is 34.3 Å². The van der Waals surface area contributed by atoms with E-state index in [4.69, 9.17) is 4.74 Å². The number of halogens is 1. The molecule has 0 saturated heterocycles. The summed E-state index contributed by atoms with van der Waals surface area (Å²) < 4.78 is 18.8. The Balaban J connectivity index is 2.10. The molecule has 2 rings (SSSR count). The average Bonchev–Trinajstić information content (AvgIpc) is 2.73. The van der Waals surface area contributed by atoms with Gasteiger partial charge in [-0.2, -0.15) is 0 Å². The predicted molar refractivity (Wildman–Crippen MR) is 118 cm³/mol. The van der Waals surface area contributed by atoms with Gasteiger partial charge < -0.3 is 20.3 Å². The lowest BCUT2D eigenvalue weighted by atomic mass is 9.84. The minimum absolute atomic E-state index is 0.0571. The van der Waals surface area contributed by atoms with Crippen molar-refractivity contribution in [2.24, 2.45) is 4.99 Å². The molecule has 0 aromatic heterocycles. The zero-order valence-electron chi connectivity index (χ0n) is 18.3. The number of rotatable bonds is 8. The maximum absolute atomic E-state index is 13.6. The minimum Gasteiger partial charge on any atom is -0.497 e. The highest BCUT2D eigenvalue weighted by molar-refractivity contribution is 5.86. The second-order valence-electron chi connectivity index (χ2n) is 7.90. The third-order valence-electron chi connectivity index (χ3n) is 4.79. The number of benzene rings is 2. The molecule has 0 spiro atoms. The molecule has 0 heterocycles. The van der Waals surface area contributed by atoms with Crippen molar-refractivity contribution in [2.45, 2.75) is 25.8 Å². The lowest BCUT2D eigenvalue weighted by Gasteiger charge is -2.27. The lowest BCUT2D eigenvalue weighted by molar-refractivity contribution is -0.127. The van der Waals surface area contributed by atoms with Gasteiger partial charge >= 0.3 is 0 Å². The second-order valence-corrected chi connectivity index (χ2v) is 7.90. The summed E-state index contributed by atoms with van der Waals surface area (Å²) in [4.78, 5) is 18.1. The zero-order chi connectivity index (χ0) is 22.1. The Kier molecular flexibility index (Phi) is 8.21. The van der Waals surface area contributed by atoms with Gasteiger partial charge in [0.05, 0.1) is 20.2 Å². The van der Waals surface area contributed by atoms with Crippen LogP contribution in [0.1, 0.15) is 25.0 Å². The summed E-state index contributed by atoms with van der Waals surface area (Å²) in [5.41, 5.74) is 1.56. The number of nitrogens with one attached hydrogen (secondary N) is 2. The quantitative estimate of drug-likeness (QED) is 0.515. The van der Waals surface area contributed by atoms with Crippen LogP contribution in [0.3, 0.4) is 0 Å². The van der Waals surface area contributed by atoms with Crippen LogP contribution >= 0.6 is 0 Å². The Morgan fingerprint density at radius 2 is 1.83 bits per heavy atom. The Bertz CT molecular complexity index is 864. The lowest BCUT2D eigenvalue weighted by Crippen LogP contribution is -2.46. The van der Waals surface area contributed by atoms with E-state index in [9.17, 15) is 9.18 Å². The molecule has 2 aromatic carbocycles. The highest BCUT2D eigenvalue weighted by Gasteiger charge is 2.21. The fourth-order valence-electron chi connectivity index (χ4n) is 2.71. The first-order valence-electron chi connectivity index (χ1n) is 9.82. The molecule has 0 aliphatic heterocycles. The Morgan fingerprint density at radius 3 is 2.43 bits per heavy atom. The van der Waals surface area contributed by atoms with Crippen LogP contribution in [0.25, 0.3) is 0 Å². The van der Waals surface area contributed by atoms with Gasteiger partial charge in [0.25, 0.3) is 0 Å². The molecule has 162 valence electrons. The molecule has 0 aliphatic rings. The number of aliphatic imine (C=N–C) groups is 1. The molecule has 7 heteroatoms. The number of hydrogen-bond acceptors (Lipinski definition) is 3. The number of likely N-dealkylation sites (N-methyl/N-ethyl adjacent to an activating group) is 1. The van der Waals surface area contributed by atoms with E-state index in [1.807, 2.05) is 44.2 Å². The third kappa shape index (κ3) is 7.06. The van der Waals surface area contributed by atoms with E-state index in [0.717, 1.165) is 16.9 Å². The summed E-state index contributed by atoms with van der Waals surface area (Å²) >= 11 is 0. The number of amides is 1. The Hall–Kier alpha value is -3.09. The standard InChI is InChI=1S/C23H31FN4O2/c1-23(2,18-7-6-8-19(24)13-18)16-27-22(26-15-21(29)28(3)4)25-14-17-9-11-20(30-5)12-10-17/h6-13H,14-16H2,1-5H3,(H2,25,26,27). The van der Waals surface area contributed by atoms with Gasteiger partial charge in [0.2, 0.25) is 5.91 Å². The molecule has 0 bridgehead atoms. The normalized spacial score (nSPS) is 11.7. The first-order chi connectivity index (χ1) is 14.2. The predicted octanol–water partition coefficient (Wildman–Crippen LogP) is 2.94. The monoisotopic (exact) mass is 414 g/mol. The number of nitrogens with zero attached hydrogens (tertiary/aromatic N) is 2. The maximum Gasteiger partial charge on any atom is 0.241 e. The number of methoxy groups -OCH3 is 1. The molecular weight excluding hydrogens is 383 g/mol. The fraction of sp³-hybridized carbons (Fsp3) is 0.391. The molecule has 0 saturated carbocycles. The minimum atomic E-state index is -0.337. The largest absolute Gasteiger partial charge is 0.497 e. The van der Waals surface area contributed by atoms with E-state index in [1.165, 1.54) is 11.0 Å². The van der Waals surface area contributed by atoms with Gasteiger partial charge in [-0.25, -0.2) is 9.38 Å². The van der Waals surface area contributed by atoms with Crippen LogP contribution in [0.2, 0.25) is 0 Å². The molecule has 1 amide bonds. The van der Waals surface area contributed by atoms with Gasteiger partial charge in [0.1, 0.15) is 11.6 Å². The molecule has 2 aromatic rings. The van der Waals surface area contributed by atoms with E-state index >= 15 is 0 Å². The second kappa shape index (κ2) is 10.6. The van der Waals surface area contributed by atoms with Crippen molar-refractivity contribution in [3.63, 3.8) is 0 Å². The first-order valence-corrected chi connectivity index (χ1v) is 9.82. The Morgan fingerprint density at radius 1 is 1.13 bits per heavy atom. The summed E-state index contributed by atoms with van der Waals surface area (Å²) in [6, 6.07) is 14.2. The van der Waals surface area contributed by atoms with Crippen molar-refractivity contribution in [3.8, 4) is 5.75 Å². The van der Waals surface area contributed by atoms with Crippen LogP contribution in [0, 0.1) is 5.82 Å². The van der Waals surface area contributed by atoms with Crippen LogP contribution in [-0.4, -0.2) is 51.1 Å². The van der Waals surface area contributed by atoms with Gasteiger partial charge in [-0.1, -0.05) is 38.1 Å². The van der Waals surface area contributed by atoms with E-state index in [2.05, 4.69) is 15.6 Å². The maximum atomic E-state index is 13.6. The summed E-state index contributed by atoms with van der Waals surface area (Å²) in [7, 11) is 5.04. The number of ether oxygens (including phenoxy) is 1. The highest BCUT2D eigenvalue weighted by Crippen LogP contribution is 2.22. The SMILES string of the molecule is COc1ccc(CN=C(NCC(=O)N(C)C)NCC(C)(C)c2cccc(F)c2)cc1. The summed E-state index contributed by atoms with van der Waals surface area (Å²) in [5.74, 6) is 0.986. The molecular formula is C23H31FN4O2. The van der Waals surface area contributed by atoms with E-state index in [1.54, 1.807) is 33.3 Å². The molecule has 0 unspecified atom stereocenters. The van der Waals surface area contributed by atoms with Crippen molar-refractivity contribution in [3.05, 3.63) is 65.5 Å². The molecule has 2 N–H and O–H groups in total. The third-order valence-corrected chi connectivity index (χ3v) is 4.79. The van der Waals surface area contributed by atoms with Crippen LogP contribution in [0.15, 0.2) is 53.5 Å². The Labute approximate surface area is 178 Å². The van der Waals surface area contributed by atoms with Crippen LogP contribution in [0.5, 0.6) is 5.75 Å². The van der Waals surface area contributed by atoms with Crippen molar-refractivity contribution in [1.82, 2.24) is 15.5 Å². The van der Waals surface area contributed by atoms with Crippen molar-refractivity contribution in [1.29, 1.82) is 0 Å². The zero-order valence-corrected chi connectivity index (χ0v) is 18.3. The molecule has 0 fully saturated rings. The van der Waals surface area contributed by atoms with Crippen LogP contribution in [0.4, 0.5) is 4.39 Å². The molecule has 0 atom stereocenters. The topological polar surface area (TPSA) is 66.0 Å². The van der Waals surface area contributed by atoms with Gasteiger partial charge in [-0.3, -0.25) is 4.79 Å².